The minimum Gasteiger partial charge on any atom is -0.394 e. The molecule has 0 aromatic rings. The second-order valence-electron chi connectivity index (χ2n) is 4.38. The molecule has 0 fully saturated rings. The molecule has 0 saturated carbocycles. The molecule has 0 aliphatic carbocycles. The van der Waals surface area contributed by atoms with Gasteiger partial charge in [-0.25, -0.2) is 0 Å². The van der Waals surface area contributed by atoms with Crippen molar-refractivity contribution in [2.24, 2.45) is 0 Å². The fourth-order valence-electron chi connectivity index (χ4n) is 1.34. The van der Waals surface area contributed by atoms with Gasteiger partial charge >= 0.3 is 0 Å². The second kappa shape index (κ2) is 5.39. The average molecular weight is 238 g/mol. The van der Waals surface area contributed by atoms with Gasteiger partial charge in [-0.05, 0) is 27.7 Å². The van der Waals surface area contributed by atoms with E-state index in [2.05, 4.69) is 0 Å². The third kappa shape index (κ3) is 3.13. The molecule has 0 amide bonds. The van der Waals surface area contributed by atoms with Crippen LogP contribution in [0.4, 0.5) is 0 Å². The SMILES string of the molecule is CC(O)OC(CO)[C@@](C)(O)[C@@](C)(O)C(C)O. The maximum Gasteiger partial charge on any atom is 0.152 e. The minimum absolute atomic E-state index is 0.596. The Bertz CT molecular complexity index is 211. The van der Waals surface area contributed by atoms with Crippen LogP contribution in [0.5, 0.6) is 0 Å². The standard InChI is InChI=1S/C10H22O6/c1-6(12)9(3,14)10(4,15)8(5-11)16-7(2)13/h6-8,11-15H,5H2,1-4H3/t6?,7?,8?,9-,10+/m0/s1. The molecule has 0 aliphatic heterocycles. The van der Waals surface area contributed by atoms with E-state index in [0.717, 1.165) is 0 Å². The summed E-state index contributed by atoms with van der Waals surface area (Å²) in [5, 5.41) is 47.6. The molecule has 5 N–H and O–H groups in total. The fraction of sp³-hybridized carbons (Fsp3) is 1.00. The zero-order chi connectivity index (χ0) is 13.1. The molecule has 0 radical (unpaired) electrons. The van der Waals surface area contributed by atoms with Gasteiger partial charge in [-0.1, -0.05) is 0 Å². The minimum atomic E-state index is -1.91. The van der Waals surface area contributed by atoms with Gasteiger partial charge in [0, 0.05) is 0 Å². The van der Waals surface area contributed by atoms with E-state index >= 15 is 0 Å². The predicted octanol–water partition coefficient (Wildman–Crippen LogP) is -1.41. The van der Waals surface area contributed by atoms with Crippen LogP contribution in [0, 0.1) is 0 Å². The van der Waals surface area contributed by atoms with E-state index in [1.54, 1.807) is 0 Å². The molecule has 0 aromatic heterocycles. The topological polar surface area (TPSA) is 110 Å². The van der Waals surface area contributed by atoms with E-state index in [1.165, 1.54) is 27.7 Å². The molecule has 5 atom stereocenters. The Morgan fingerprint density at radius 3 is 1.75 bits per heavy atom. The Balaban J connectivity index is 4.98. The molecule has 3 unspecified atom stereocenters. The second-order valence-corrected chi connectivity index (χ2v) is 4.38. The molecule has 0 heterocycles. The summed E-state index contributed by atoms with van der Waals surface area (Å²) >= 11 is 0. The van der Waals surface area contributed by atoms with Gasteiger partial charge in [-0.15, -0.1) is 0 Å². The van der Waals surface area contributed by atoms with Crippen molar-refractivity contribution in [1.82, 2.24) is 0 Å². The van der Waals surface area contributed by atoms with Crippen molar-refractivity contribution >= 4 is 0 Å². The normalized spacial score (nSPS) is 25.3. The van der Waals surface area contributed by atoms with Gasteiger partial charge in [0.25, 0.3) is 0 Å². The van der Waals surface area contributed by atoms with Crippen LogP contribution in [0.1, 0.15) is 27.7 Å². The van der Waals surface area contributed by atoms with E-state index in [0.29, 0.717) is 0 Å². The maximum atomic E-state index is 10.1. The lowest BCUT2D eigenvalue weighted by Gasteiger charge is -2.44. The van der Waals surface area contributed by atoms with Crippen LogP contribution in [-0.4, -0.2) is 61.8 Å². The van der Waals surface area contributed by atoms with Crippen LogP contribution in [0.2, 0.25) is 0 Å². The van der Waals surface area contributed by atoms with E-state index in [-0.39, 0.29) is 0 Å². The van der Waals surface area contributed by atoms with E-state index in [1.807, 2.05) is 0 Å². The molecular weight excluding hydrogens is 216 g/mol. The highest BCUT2D eigenvalue weighted by molar-refractivity contribution is 5.02. The highest BCUT2D eigenvalue weighted by Crippen LogP contribution is 2.30. The largest absolute Gasteiger partial charge is 0.394 e. The summed E-state index contributed by atoms with van der Waals surface area (Å²) in [6.07, 6.45) is -3.64. The lowest BCUT2D eigenvalue weighted by atomic mass is 9.78. The molecule has 0 aromatic carbocycles. The molecular formula is C10H22O6. The Morgan fingerprint density at radius 2 is 1.50 bits per heavy atom. The van der Waals surface area contributed by atoms with E-state index in [4.69, 9.17) is 14.9 Å². The van der Waals surface area contributed by atoms with Gasteiger partial charge in [0.05, 0.1) is 12.7 Å². The highest BCUT2D eigenvalue weighted by Gasteiger charge is 2.51. The zero-order valence-electron chi connectivity index (χ0n) is 10.1. The molecule has 0 spiro atoms. The van der Waals surface area contributed by atoms with Gasteiger partial charge < -0.3 is 30.3 Å². The van der Waals surface area contributed by atoms with Crippen molar-refractivity contribution < 1.29 is 30.3 Å². The summed E-state index contributed by atoms with van der Waals surface area (Å²) < 4.78 is 4.89. The van der Waals surface area contributed by atoms with E-state index in [9.17, 15) is 15.3 Å². The number of hydrogen-bond donors (Lipinski definition) is 5. The third-order valence-electron chi connectivity index (χ3n) is 2.99. The Labute approximate surface area is 95.1 Å². The fourth-order valence-corrected chi connectivity index (χ4v) is 1.34. The molecule has 6 heteroatoms. The van der Waals surface area contributed by atoms with Crippen LogP contribution < -0.4 is 0 Å². The molecule has 0 bridgehead atoms. The number of rotatable bonds is 6. The van der Waals surface area contributed by atoms with Gasteiger partial charge in [0.15, 0.2) is 6.29 Å². The summed E-state index contributed by atoms with van der Waals surface area (Å²) in [6.45, 7) is 4.48. The Hall–Kier alpha value is -0.240. The van der Waals surface area contributed by atoms with Crippen LogP contribution >= 0.6 is 0 Å². The lowest BCUT2D eigenvalue weighted by Crippen LogP contribution is -2.64. The first-order valence-corrected chi connectivity index (χ1v) is 5.14. The molecule has 98 valence electrons. The maximum absolute atomic E-state index is 10.1. The first-order valence-electron chi connectivity index (χ1n) is 5.14. The van der Waals surface area contributed by atoms with E-state index < -0.39 is 36.3 Å². The quantitative estimate of drug-likeness (QED) is 0.363. The molecule has 6 nitrogen and oxygen atoms in total. The monoisotopic (exact) mass is 238 g/mol. The number of aliphatic hydroxyl groups excluding tert-OH is 3. The highest BCUT2D eigenvalue weighted by atomic mass is 16.6. The van der Waals surface area contributed by atoms with Crippen molar-refractivity contribution in [2.75, 3.05) is 6.61 Å². The summed E-state index contributed by atoms with van der Waals surface area (Å²) in [5.41, 5.74) is -3.79. The zero-order valence-corrected chi connectivity index (χ0v) is 10.1. The summed E-state index contributed by atoms with van der Waals surface area (Å²) in [6, 6.07) is 0. The number of aliphatic hydroxyl groups is 5. The van der Waals surface area contributed by atoms with Gasteiger partial charge in [-0.2, -0.15) is 0 Å². The van der Waals surface area contributed by atoms with Crippen LogP contribution in [0.3, 0.4) is 0 Å². The smallest absolute Gasteiger partial charge is 0.152 e. The molecule has 0 aliphatic rings. The molecule has 0 rings (SSSR count). The van der Waals surface area contributed by atoms with Crippen molar-refractivity contribution in [3.63, 3.8) is 0 Å². The first kappa shape index (κ1) is 15.8. The molecule has 0 saturated heterocycles. The predicted molar refractivity (Wildman–Crippen MR) is 56.6 cm³/mol. The average Bonchev–Trinajstić information content (AvgIpc) is 2.12. The number of hydrogen-bond acceptors (Lipinski definition) is 6. The van der Waals surface area contributed by atoms with Crippen LogP contribution in [0.25, 0.3) is 0 Å². The Kier molecular flexibility index (Phi) is 5.31. The Morgan fingerprint density at radius 1 is 1.06 bits per heavy atom. The van der Waals surface area contributed by atoms with Gasteiger partial charge in [0.2, 0.25) is 0 Å². The van der Waals surface area contributed by atoms with Gasteiger partial charge in [-0.3, -0.25) is 0 Å². The first-order chi connectivity index (χ1) is 7.07. The number of ether oxygens (including phenoxy) is 1. The van der Waals surface area contributed by atoms with Crippen LogP contribution in [-0.2, 0) is 4.74 Å². The van der Waals surface area contributed by atoms with Crippen molar-refractivity contribution in [3.8, 4) is 0 Å². The van der Waals surface area contributed by atoms with Crippen molar-refractivity contribution in [2.45, 2.75) is 57.4 Å². The third-order valence-corrected chi connectivity index (χ3v) is 2.99. The summed E-state index contributed by atoms with van der Waals surface area (Å²) in [4.78, 5) is 0. The van der Waals surface area contributed by atoms with Crippen molar-refractivity contribution in [3.05, 3.63) is 0 Å². The molecule has 16 heavy (non-hydrogen) atoms. The van der Waals surface area contributed by atoms with Crippen LogP contribution in [0.15, 0.2) is 0 Å². The lowest BCUT2D eigenvalue weighted by molar-refractivity contribution is -0.262. The van der Waals surface area contributed by atoms with Crippen molar-refractivity contribution in [1.29, 1.82) is 0 Å². The summed E-state index contributed by atoms with van der Waals surface area (Å²) in [7, 11) is 0. The summed E-state index contributed by atoms with van der Waals surface area (Å²) in [5.74, 6) is 0. The van der Waals surface area contributed by atoms with Gasteiger partial charge in [0.1, 0.15) is 17.3 Å².